The molecule has 0 N–H and O–H groups in total. The Morgan fingerprint density at radius 3 is 2.53 bits per heavy atom. The molecule has 1 aliphatic rings. The summed E-state index contributed by atoms with van der Waals surface area (Å²) in [5, 5.41) is 0. The molecule has 0 saturated carbocycles. The maximum absolute atomic E-state index is 12.0. The molecule has 6 heteroatoms. The summed E-state index contributed by atoms with van der Waals surface area (Å²) < 4.78 is 9.70. The van der Waals surface area contributed by atoms with Crippen molar-refractivity contribution >= 4 is 17.8 Å². The third-order valence-corrected chi connectivity index (χ3v) is 3.19. The Morgan fingerprint density at radius 1 is 1.42 bits per heavy atom. The number of likely N-dealkylation sites (tertiary alicyclic amines) is 1. The van der Waals surface area contributed by atoms with Crippen molar-refractivity contribution in [2.45, 2.75) is 45.7 Å². The smallest absolute Gasteiger partial charge is 0.329 e. The van der Waals surface area contributed by atoms with E-state index in [1.54, 1.807) is 6.92 Å². The Hall–Kier alpha value is -1.59. The number of hydrogen-bond acceptors (Lipinski definition) is 5. The molecule has 1 rings (SSSR count). The van der Waals surface area contributed by atoms with Crippen LogP contribution >= 0.6 is 0 Å². The molecule has 6 nitrogen and oxygen atoms in total. The van der Waals surface area contributed by atoms with Crippen LogP contribution < -0.4 is 0 Å². The number of carbonyl (C=O) groups excluding carboxylic acids is 3. The van der Waals surface area contributed by atoms with Gasteiger partial charge in [0.25, 0.3) is 0 Å². The summed E-state index contributed by atoms with van der Waals surface area (Å²) in [5.74, 6) is -1.29. The largest absolute Gasteiger partial charge is 0.467 e. The Labute approximate surface area is 113 Å². The normalized spacial score (nSPS) is 20.6. The molecule has 1 amide bonds. The van der Waals surface area contributed by atoms with Gasteiger partial charge in [-0.2, -0.15) is 0 Å². The fraction of sp³-hybridized carbons (Fsp3) is 0.769. The average molecular weight is 271 g/mol. The van der Waals surface area contributed by atoms with Gasteiger partial charge >= 0.3 is 11.9 Å². The number of hydrogen-bond donors (Lipinski definition) is 0. The zero-order valence-electron chi connectivity index (χ0n) is 11.8. The standard InChI is InChI=1S/C13H21NO5/c1-5-19-13(17)11(8(2)3)14-9(12(16)18-4)6-7-10(14)15/h8-9,11H,5-7H2,1-4H3. The van der Waals surface area contributed by atoms with Crippen molar-refractivity contribution < 1.29 is 23.9 Å². The molecular weight excluding hydrogens is 250 g/mol. The van der Waals surface area contributed by atoms with Gasteiger partial charge in [0, 0.05) is 6.42 Å². The van der Waals surface area contributed by atoms with Crippen molar-refractivity contribution in [3.05, 3.63) is 0 Å². The lowest BCUT2D eigenvalue weighted by Gasteiger charge is -2.32. The number of carbonyl (C=O) groups is 3. The number of nitrogens with zero attached hydrogens (tertiary/aromatic N) is 1. The summed E-state index contributed by atoms with van der Waals surface area (Å²) in [4.78, 5) is 37.0. The topological polar surface area (TPSA) is 72.9 Å². The van der Waals surface area contributed by atoms with Crippen molar-refractivity contribution in [1.82, 2.24) is 4.90 Å². The van der Waals surface area contributed by atoms with Crippen molar-refractivity contribution in [2.75, 3.05) is 13.7 Å². The number of rotatable bonds is 5. The third-order valence-electron chi connectivity index (χ3n) is 3.19. The second-order valence-electron chi connectivity index (χ2n) is 4.82. The van der Waals surface area contributed by atoms with Gasteiger partial charge in [0.05, 0.1) is 13.7 Å². The maximum Gasteiger partial charge on any atom is 0.329 e. The molecule has 1 fully saturated rings. The molecule has 2 atom stereocenters. The highest BCUT2D eigenvalue weighted by Crippen LogP contribution is 2.26. The first-order chi connectivity index (χ1) is 8.93. The van der Waals surface area contributed by atoms with E-state index in [-0.39, 0.29) is 24.9 Å². The van der Waals surface area contributed by atoms with Gasteiger partial charge in [-0.25, -0.2) is 9.59 Å². The van der Waals surface area contributed by atoms with Crippen LogP contribution in [-0.4, -0.2) is 48.5 Å². The summed E-state index contributed by atoms with van der Waals surface area (Å²) in [6.07, 6.45) is 0.635. The Kier molecular flexibility index (Phi) is 5.32. The molecule has 0 aromatic carbocycles. The van der Waals surface area contributed by atoms with E-state index in [9.17, 15) is 14.4 Å². The highest BCUT2D eigenvalue weighted by molar-refractivity contribution is 5.92. The first-order valence-electron chi connectivity index (χ1n) is 6.49. The fourth-order valence-corrected chi connectivity index (χ4v) is 2.35. The molecule has 0 spiro atoms. The molecule has 2 unspecified atom stereocenters. The van der Waals surface area contributed by atoms with E-state index < -0.39 is 24.0 Å². The Balaban J connectivity index is 3.00. The quantitative estimate of drug-likeness (QED) is 0.689. The second kappa shape index (κ2) is 6.54. The summed E-state index contributed by atoms with van der Waals surface area (Å²) in [6, 6.07) is -1.42. The number of methoxy groups -OCH3 is 1. The summed E-state index contributed by atoms with van der Waals surface area (Å²) in [7, 11) is 1.28. The molecule has 0 aromatic heterocycles. The Bertz CT molecular complexity index is 366. The van der Waals surface area contributed by atoms with Gasteiger partial charge in [0.2, 0.25) is 5.91 Å². The first-order valence-corrected chi connectivity index (χ1v) is 6.49. The third kappa shape index (κ3) is 3.24. The van der Waals surface area contributed by atoms with Crippen LogP contribution in [0, 0.1) is 5.92 Å². The predicted molar refractivity (Wildman–Crippen MR) is 67.1 cm³/mol. The molecule has 1 heterocycles. The van der Waals surface area contributed by atoms with E-state index in [0.29, 0.717) is 6.42 Å². The number of amides is 1. The van der Waals surface area contributed by atoms with Crippen LogP contribution in [0.5, 0.6) is 0 Å². The zero-order valence-corrected chi connectivity index (χ0v) is 11.8. The highest BCUT2D eigenvalue weighted by Gasteiger charge is 2.45. The lowest BCUT2D eigenvalue weighted by Crippen LogP contribution is -2.52. The van der Waals surface area contributed by atoms with E-state index in [0.717, 1.165) is 0 Å². The van der Waals surface area contributed by atoms with Crippen LogP contribution in [-0.2, 0) is 23.9 Å². The molecule has 19 heavy (non-hydrogen) atoms. The molecule has 0 radical (unpaired) electrons. The van der Waals surface area contributed by atoms with Gasteiger partial charge < -0.3 is 14.4 Å². The van der Waals surface area contributed by atoms with Crippen LogP contribution in [0.4, 0.5) is 0 Å². The van der Waals surface area contributed by atoms with Gasteiger partial charge in [-0.1, -0.05) is 13.8 Å². The molecule has 0 aromatic rings. The van der Waals surface area contributed by atoms with E-state index in [4.69, 9.17) is 9.47 Å². The van der Waals surface area contributed by atoms with Crippen LogP contribution in [0.2, 0.25) is 0 Å². The molecule has 108 valence electrons. The summed E-state index contributed by atoms with van der Waals surface area (Å²) >= 11 is 0. The zero-order chi connectivity index (χ0) is 14.6. The van der Waals surface area contributed by atoms with Gasteiger partial charge in [0.15, 0.2) is 0 Å². The number of ether oxygens (including phenoxy) is 2. The van der Waals surface area contributed by atoms with Gasteiger partial charge in [-0.15, -0.1) is 0 Å². The molecule has 0 bridgehead atoms. The minimum absolute atomic E-state index is 0.131. The predicted octanol–water partition coefficient (Wildman–Crippen LogP) is 0.738. The maximum atomic E-state index is 12.0. The lowest BCUT2D eigenvalue weighted by molar-refractivity contribution is -0.161. The van der Waals surface area contributed by atoms with E-state index in [1.165, 1.54) is 12.0 Å². The van der Waals surface area contributed by atoms with Gasteiger partial charge in [-0.05, 0) is 19.3 Å². The van der Waals surface area contributed by atoms with Crippen LogP contribution in [0.15, 0.2) is 0 Å². The summed E-state index contributed by atoms with van der Waals surface area (Å²) in [5.41, 5.74) is 0. The SMILES string of the molecule is CCOC(=O)C(C(C)C)N1C(=O)CCC1C(=O)OC. The van der Waals surface area contributed by atoms with Crippen molar-refractivity contribution in [3.63, 3.8) is 0 Å². The monoisotopic (exact) mass is 271 g/mol. The van der Waals surface area contributed by atoms with Crippen LogP contribution in [0.3, 0.4) is 0 Å². The first kappa shape index (κ1) is 15.5. The molecule has 1 saturated heterocycles. The van der Waals surface area contributed by atoms with E-state index in [1.807, 2.05) is 13.8 Å². The fourth-order valence-electron chi connectivity index (χ4n) is 2.35. The molecular formula is C13H21NO5. The van der Waals surface area contributed by atoms with Crippen molar-refractivity contribution in [3.8, 4) is 0 Å². The average Bonchev–Trinajstić information content (AvgIpc) is 2.71. The number of esters is 2. The van der Waals surface area contributed by atoms with E-state index in [2.05, 4.69) is 0 Å². The Morgan fingerprint density at radius 2 is 2.05 bits per heavy atom. The summed E-state index contributed by atoms with van der Waals surface area (Å²) in [6.45, 7) is 5.59. The van der Waals surface area contributed by atoms with Crippen molar-refractivity contribution in [1.29, 1.82) is 0 Å². The van der Waals surface area contributed by atoms with E-state index >= 15 is 0 Å². The molecule has 1 aliphatic heterocycles. The highest BCUT2D eigenvalue weighted by atomic mass is 16.5. The minimum atomic E-state index is -0.737. The van der Waals surface area contributed by atoms with Crippen molar-refractivity contribution in [2.24, 2.45) is 5.92 Å². The second-order valence-corrected chi connectivity index (χ2v) is 4.82. The van der Waals surface area contributed by atoms with Gasteiger partial charge in [-0.3, -0.25) is 4.79 Å². The van der Waals surface area contributed by atoms with Gasteiger partial charge in [0.1, 0.15) is 12.1 Å². The minimum Gasteiger partial charge on any atom is -0.467 e. The van der Waals surface area contributed by atoms with Crippen LogP contribution in [0.25, 0.3) is 0 Å². The lowest BCUT2D eigenvalue weighted by atomic mass is 10.0. The van der Waals surface area contributed by atoms with Crippen LogP contribution in [0.1, 0.15) is 33.6 Å². The molecule has 0 aliphatic carbocycles.